The molecule has 0 radical (unpaired) electrons. The van der Waals surface area contributed by atoms with E-state index < -0.39 is 0 Å². The topological polar surface area (TPSA) is 98.1 Å². The van der Waals surface area contributed by atoms with Gasteiger partial charge in [0, 0.05) is 12.1 Å². The molecule has 1 N–H and O–H groups in total. The van der Waals surface area contributed by atoms with Gasteiger partial charge in [0.15, 0.2) is 24.8 Å². The van der Waals surface area contributed by atoms with Crippen LogP contribution in [0.5, 0.6) is 11.5 Å². The number of carbonyl (C=O) groups is 3. The van der Waals surface area contributed by atoms with Crippen LogP contribution >= 0.6 is 0 Å². The molecule has 0 saturated heterocycles. The summed E-state index contributed by atoms with van der Waals surface area (Å²) >= 11 is 0. The van der Waals surface area contributed by atoms with Gasteiger partial charge in [-0.15, -0.1) is 0 Å². The van der Waals surface area contributed by atoms with Crippen molar-refractivity contribution in [1.82, 2.24) is 5.32 Å². The predicted octanol–water partition coefficient (Wildman–Crippen LogP) is 3.92. The molecule has 1 aliphatic rings. The molecule has 0 unspecified atom stereocenters. The first kappa shape index (κ1) is 23.1. The zero-order valence-electron chi connectivity index (χ0n) is 19.1. The van der Waals surface area contributed by atoms with Crippen molar-refractivity contribution in [3.8, 4) is 11.5 Å². The molecule has 2 amide bonds. The number of nitrogens with zero attached hydrogens (tertiary/aromatic N) is 1. The molecule has 0 atom stereocenters. The van der Waals surface area contributed by atoms with Crippen LogP contribution in [-0.2, 0) is 11.3 Å². The molecule has 1 aromatic heterocycles. The molecule has 3 aromatic rings. The Kier molecular flexibility index (Phi) is 6.96. The molecule has 0 bridgehead atoms. The summed E-state index contributed by atoms with van der Waals surface area (Å²) in [6, 6.07) is 15.6. The highest BCUT2D eigenvalue weighted by Crippen LogP contribution is 2.34. The summed E-state index contributed by atoms with van der Waals surface area (Å²) in [5.41, 5.74) is 1.80. The number of benzene rings is 2. The van der Waals surface area contributed by atoms with Gasteiger partial charge in [0.2, 0.25) is 0 Å². The summed E-state index contributed by atoms with van der Waals surface area (Å²) in [6.45, 7) is 4.27. The fraction of sp³-hybridized carbons (Fsp3) is 0.269. The molecule has 8 heteroatoms. The Balaban J connectivity index is 1.50. The molecule has 0 saturated carbocycles. The lowest BCUT2D eigenvalue weighted by molar-refractivity contribution is -0.121. The van der Waals surface area contributed by atoms with E-state index in [0.29, 0.717) is 35.1 Å². The van der Waals surface area contributed by atoms with Gasteiger partial charge in [-0.2, -0.15) is 0 Å². The number of furan rings is 1. The van der Waals surface area contributed by atoms with Crippen molar-refractivity contribution in [2.45, 2.75) is 26.8 Å². The number of ketones is 1. The summed E-state index contributed by atoms with van der Waals surface area (Å²) in [4.78, 5) is 39.0. The number of hydrogen-bond acceptors (Lipinski definition) is 6. The number of fused-ring (bicyclic) bond motifs is 1. The molecule has 2 aromatic carbocycles. The van der Waals surface area contributed by atoms with Crippen LogP contribution in [-0.4, -0.2) is 37.4 Å². The lowest BCUT2D eigenvalue weighted by Gasteiger charge is -2.29. The Morgan fingerprint density at radius 1 is 1.12 bits per heavy atom. The average Bonchev–Trinajstić information content (AvgIpc) is 3.32. The fourth-order valence-electron chi connectivity index (χ4n) is 3.56. The Labute approximate surface area is 197 Å². The number of ether oxygens (including phenoxy) is 2. The molecule has 0 spiro atoms. The molecule has 4 rings (SSSR count). The number of amides is 2. The maximum absolute atomic E-state index is 12.8. The number of aryl methyl sites for hydroxylation is 1. The van der Waals surface area contributed by atoms with Crippen LogP contribution in [0.4, 0.5) is 5.69 Å². The highest BCUT2D eigenvalue weighted by Gasteiger charge is 2.28. The van der Waals surface area contributed by atoms with E-state index in [-0.39, 0.29) is 43.1 Å². The molecule has 176 valence electrons. The molecular weight excluding hydrogens is 436 g/mol. The summed E-state index contributed by atoms with van der Waals surface area (Å²) in [6.07, 6.45) is 0.815. The van der Waals surface area contributed by atoms with Gasteiger partial charge in [0.05, 0.1) is 12.2 Å². The number of carbonyl (C=O) groups excluding carboxylic acids is 3. The third kappa shape index (κ3) is 5.11. The van der Waals surface area contributed by atoms with Gasteiger partial charge >= 0.3 is 0 Å². The Morgan fingerprint density at radius 2 is 1.94 bits per heavy atom. The van der Waals surface area contributed by atoms with Crippen molar-refractivity contribution < 1.29 is 28.3 Å². The molecular formula is C26H26N2O6. The van der Waals surface area contributed by atoms with Crippen molar-refractivity contribution in [2.24, 2.45) is 0 Å². The molecule has 2 heterocycles. The number of para-hydroxylation sites is 1. The van der Waals surface area contributed by atoms with Crippen molar-refractivity contribution >= 4 is 23.3 Å². The quantitative estimate of drug-likeness (QED) is 0.484. The van der Waals surface area contributed by atoms with E-state index in [4.69, 9.17) is 13.9 Å². The summed E-state index contributed by atoms with van der Waals surface area (Å²) in [7, 11) is 0. The standard InChI is InChI=1S/C26H26N2O6/c1-3-12-27-26(31)24-11-9-19(34-24)14-28-20-13-18(8-10-23(20)33-16-25(28)30)21(29)15-32-22-7-5-4-6-17(22)2/h4-11,13H,3,12,14-16H2,1-2H3,(H,27,31). The van der Waals surface area contributed by atoms with Crippen molar-refractivity contribution in [3.63, 3.8) is 0 Å². The summed E-state index contributed by atoms with van der Waals surface area (Å²) in [5, 5.41) is 2.75. The predicted molar refractivity (Wildman–Crippen MR) is 125 cm³/mol. The van der Waals surface area contributed by atoms with Crippen molar-refractivity contribution in [2.75, 3.05) is 24.7 Å². The zero-order chi connectivity index (χ0) is 24.1. The number of anilines is 1. The monoisotopic (exact) mass is 462 g/mol. The van der Waals surface area contributed by atoms with Gasteiger partial charge in [0.1, 0.15) is 17.3 Å². The lowest BCUT2D eigenvalue weighted by atomic mass is 10.1. The van der Waals surface area contributed by atoms with Crippen LogP contribution in [0.15, 0.2) is 59.0 Å². The number of nitrogens with one attached hydrogen (secondary N) is 1. The van der Waals surface area contributed by atoms with Gasteiger partial charge in [-0.25, -0.2) is 0 Å². The SMILES string of the molecule is CCCNC(=O)c1ccc(CN2C(=O)COc3ccc(C(=O)COc4ccccc4C)cc32)o1. The third-order valence-corrected chi connectivity index (χ3v) is 5.41. The van der Waals surface area contributed by atoms with Crippen LogP contribution in [0.3, 0.4) is 0 Å². The third-order valence-electron chi connectivity index (χ3n) is 5.41. The molecule has 0 fully saturated rings. The van der Waals surface area contributed by atoms with Crippen LogP contribution in [0.1, 0.15) is 45.6 Å². The smallest absolute Gasteiger partial charge is 0.286 e. The van der Waals surface area contributed by atoms with E-state index in [0.717, 1.165) is 12.0 Å². The average molecular weight is 463 g/mol. The second kappa shape index (κ2) is 10.2. The minimum Gasteiger partial charge on any atom is -0.485 e. The molecule has 8 nitrogen and oxygen atoms in total. The Hall–Kier alpha value is -4.07. The normalized spacial score (nSPS) is 12.6. The fourth-order valence-corrected chi connectivity index (χ4v) is 3.56. The van der Waals surface area contributed by atoms with Crippen LogP contribution in [0.2, 0.25) is 0 Å². The van der Waals surface area contributed by atoms with Gasteiger partial charge in [0.25, 0.3) is 11.8 Å². The zero-order valence-corrected chi connectivity index (χ0v) is 19.1. The lowest BCUT2D eigenvalue weighted by Crippen LogP contribution is -2.38. The van der Waals surface area contributed by atoms with Gasteiger partial charge in [-0.3, -0.25) is 19.3 Å². The highest BCUT2D eigenvalue weighted by molar-refractivity contribution is 6.02. The van der Waals surface area contributed by atoms with E-state index in [9.17, 15) is 14.4 Å². The second-order valence-corrected chi connectivity index (χ2v) is 7.95. The van der Waals surface area contributed by atoms with Crippen LogP contribution in [0, 0.1) is 6.92 Å². The highest BCUT2D eigenvalue weighted by atomic mass is 16.5. The van der Waals surface area contributed by atoms with Crippen molar-refractivity contribution in [3.05, 3.63) is 77.2 Å². The maximum Gasteiger partial charge on any atom is 0.286 e. The number of Topliss-reactive ketones (excluding diaryl/α,β-unsaturated/α-hetero) is 1. The van der Waals surface area contributed by atoms with Gasteiger partial charge in [-0.1, -0.05) is 25.1 Å². The first-order valence-electron chi connectivity index (χ1n) is 11.1. The molecule has 34 heavy (non-hydrogen) atoms. The van der Waals surface area contributed by atoms with Gasteiger partial charge in [-0.05, 0) is 55.3 Å². The minimum absolute atomic E-state index is 0.105. The Morgan fingerprint density at radius 3 is 2.74 bits per heavy atom. The van der Waals surface area contributed by atoms with E-state index in [1.165, 1.54) is 4.90 Å². The second-order valence-electron chi connectivity index (χ2n) is 7.95. The van der Waals surface area contributed by atoms with E-state index in [1.54, 1.807) is 30.3 Å². The molecule has 1 aliphatic heterocycles. The van der Waals surface area contributed by atoms with E-state index >= 15 is 0 Å². The number of hydrogen-bond donors (Lipinski definition) is 1. The van der Waals surface area contributed by atoms with Crippen LogP contribution in [0.25, 0.3) is 0 Å². The maximum atomic E-state index is 12.8. The van der Waals surface area contributed by atoms with Crippen molar-refractivity contribution in [1.29, 1.82) is 0 Å². The first-order chi connectivity index (χ1) is 16.5. The van der Waals surface area contributed by atoms with E-state index in [2.05, 4.69) is 5.32 Å². The minimum atomic E-state index is -0.302. The summed E-state index contributed by atoms with van der Waals surface area (Å²) in [5.74, 6) is 0.958. The Bertz CT molecular complexity index is 1220. The summed E-state index contributed by atoms with van der Waals surface area (Å²) < 4.78 is 16.9. The number of rotatable bonds is 9. The first-order valence-corrected chi connectivity index (χ1v) is 11.1. The van der Waals surface area contributed by atoms with Gasteiger partial charge < -0.3 is 19.2 Å². The molecule has 0 aliphatic carbocycles. The van der Waals surface area contributed by atoms with E-state index in [1.807, 2.05) is 38.1 Å². The largest absolute Gasteiger partial charge is 0.485 e. The van der Waals surface area contributed by atoms with Crippen LogP contribution < -0.4 is 19.7 Å².